The maximum atomic E-state index is 13.9. The summed E-state index contributed by atoms with van der Waals surface area (Å²) in [6.45, 7) is 0.455. The van der Waals surface area contributed by atoms with Crippen LogP contribution < -0.4 is 9.47 Å². The second-order valence-corrected chi connectivity index (χ2v) is 5.12. The van der Waals surface area contributed by atoms with Gasteiger partial charge in [0.15, 0.2) is 11.5 Å². The van der Waals surface area contributed by atoms with E-state index < -0.39 is 0 Å². The molecule has 3 aromatic carbocycles. The summed E-state index contributed by atoms with van der Waals surface area (Å²) >= 11 is 0. The molecular formula is C20H17FO2. The molecule has 0 spiro atoms. The van der Waals surface area contributed by atoms with Crippen LogP contribution in [0.25, 0.3) is 11.1 Å². The van der Waals surface area contributed by atoms with E-state index in [9.17, 15) is 4.39 Å². The Hall–Kier alpha value is -2.81. The topological polar surface area (TPSA) is 18.5 Å². The molecule has 0 unspecified atom stereocenters. The summed E-state index contributed by atoms with van der Waals surface area (Å²) in [7, 11) is 1.58. The fourth-order valence-electron chi connectivity index (χ4n) is 2.39. The highest BCUT2D eigenvalue weighted by Crippen LogP contribution is 2.33. The van der Waals surface area contributed by atoms with Gasteiger partial charge in [0.25, 0.3) is 0 Å². The van der Waals surface area contributed by atoms with Gasteiger partial charge in [-0.1, -0.05) is 54.6 Å². The van der Waals surface area contributed by atoms with Gasteiger partial charge in [-0.2, -0.15) is 0 Å². The summed E-state index contributed by atoms with van der Waals surface area (Å²) in [6.07, 6.45) is 0. The van der Waals surface area contributed by atoms with Crippen LogP contribution in [-0.4, -0.2) is 7.11 Å². The van der Waals surface area contributed by atoms with Crippen molar-refractivity contribution in [1.82, 2.24) is 0 Å². The smallest absolute Gasteiger partial charge is 0.161 e. The molecular weight excluding hydrogens is 291 g/mol. The van der Waals surface area contributed by atoms with Gasteiger partial charge in [0.2, 0.25) is 0 Å². The van der Waals surface area contributed by atoms with E-state index >= 15 is 0 Å². The molecule has 3 aromatic rings. The molecule has 2 nitrogen and oxygen atoms in total. The third-order valence-electron chi connectivity index (χ3n) is 3.59. The highest BCUT2D eigenvalue weighted by molar-refractivity contribution is 5.67. The fourth-order valence-corrected chi connectivity index (χ4v) is 2.39. The zero-order valence-corrected chi connectivity index (χ0v) is 12.8. The van der Waals surface area contributed by atoms with Crippen molar-refractivity contribution >= 4 is 0 Å². The quantitative estimate of drug-likeness (QED) is 0.654. The van der Waals surface area contributed by atoms with Gasteiger partial charge >= 0.3 is 0 Å². The summed E-state index contributed by atoms with van der Waals surface area (Å²) in [6, 6.07) is 22.0. The van der Waals surface area contributed by atoms with Gasteiger partial charge in [-0.25, -0.2) is 4.39 Å². The zero-order valence-electron chi connectivity index (χ0n) is 12.8. The molecule has 0 atom stereocenters. The summed E-state index contributed by atoms with van der Waals surface area (Å²) in [5, 5.41) is 0. The Bertz CT molecular complexity index is 785. The van der Waals surface area contributed by atoms with Crippen molar-refractivity contribution in [3.8, 4) is 22.6 Å². The Labute approximate surface area is 135 Å². The molecule has 0 aliphatic rings. The zero-order chi connectivity index (χ0) is 16.1. The molecule has 0 heterocycles. The summed E-state index contributed by atoms with van der Waals surface area (Å²) in [5.41, 5.74) is 2.38. The number of hydrogen-bond donors (Lipinski definition) is 0. The third kappa shape index (κ3) is 3.51. The van der Waals surface area contributed by atoms with Gasteiger partial charge in [-0.3, -0.25) is 0 Å². The number of rotatable bonds is 5. The number of hydrogen-bond acceptors (Lipinski definition) is 2. The Morgan fingerprint density at radius 1 is 0.826 bits per heavy atom. The lowest BCUT2D eigenvalue weighted by Gasteiger charge is -2.13. The van der Waals surface area contributed by atoms with Crippen LogP contribution in [0.4, 0.5) is 4.39 Å². The van der Waals surface area contributed by atoms with Crippen LogP contribution in [0.1, 0.15) is 5.56 Å². The first-order chi connectivity index (χ1) is 11.3. The largest absolute Gasteiger partial charge is 0.493 e. The van der Waals surface area contributed by atoms with E-state index in [-0.39, 0.29) is 5.82 Å². The highest BCUT2D eigenvalue weighted by Gasteiger charge is 2.10. The molecule has 3 rings (SSSR count). The Morgan fingerprint density at radius 3 is 2.30 bits per heavy atom. The second kappa shape index (κ2) is 6.97. The van der Waals surface area contributed by atoms with E-state index in [2.05, 4.69) is 0 Å². The molecule has 0 saturated carbocycles. The molecule has 0 bridgehead atoms. The molecule has 23 heavy (non-hydrogen) atoms. The Balaban J connectivity index is 1.84. The molecule has 116 valence electrons. The highest BCUT2D eigenvalue weighted by atomic mass is 19.1. The number of ether oxygens (including phenoxy) is 2. The monoisotopic (exact) mass is 308 g/mol. The summed E-state index contributed by atoms with van der Waals surface area (Å²) in [5.74, 6) is 0.964. The van der Waals surface area contributed by atoms with Crippen LogP contribution in [0.3, 0.4) is 0 Å². The van der Waals surface area contributed by atoms with Gasteiger partial charge in [0.05, 0.1) is 7.11 Å². The lowest BCUT2D eigenvalue weighted by Crippen LogP contribution is -1.98. The van der Waals surface area contributed by atoms with E-state index in [0.29, 0.717) is 23.7 Å². The van der Waals surface area contributed by atoms with Gasteiger partial charge in [0, 0.05) is 5.56 Å². The molecule has 0 saturated heterocycles. The summed E-state index contributed by atoms with van der Waals surface area (Å²) in [4.78, 5) is 0. The average Bonchev–Trinajstić information content (AvgIpc) is 2.61. The predicted molar refractivity (Wildman–Crippen MR) is 89.2 cm³/mol. The van der Waals surface area contributed by atoms with Crippen molar-refractivity contribution in [2.75, 3.05) is 7.11 Å². The predicted octanol–water partition coefficient (Wildman–Crippen LogP) is 5.08. The van der Waals surface area contributed by atoms with Crippen molar-refractivity contribution in [1.29, 1.82) is 0 Å². The van der Waals surface area contributed by atoms with E-state index in [1.54, 1.807) is 25.3 Å². The average molecular weight is 308 g/mol. The van der Waals surface area contributed by atoms with E-state index in [4.69, 9.17) is 9.47 Å². The summed E-state index contributed by atoms with van der Waals surface area (Å²) < 4.78 is 25.1. The normalized spacial score (nSPS) is 10.3. The van der Waals surface area contributed by atoms with E-state index in [0.717, 1.165) is 11.1 Å². The van der Waals surface area contributed by atoms with Gasteiger partial charge in [-0.15, -0.1) is 0 Å². The second-order valence-electron chi connectivity index (χ2n) is 5.12. The minimum Gasteiger partial charge on any atom is -0.493 e. The van der Waals surface area contributed by atoms with Crippen LogP contribution >= 0.6 is 0 Å². The van der Waals surface area contributed by atoms with Crippen molar-refractivity contribution in [2.24, 2.45) is 0 Å². The van der Waals surface area contributed by atoms with Crippen molar-refractivity contribution in [2.45, 2.75) is 6.61 Å². The minimum absolute atomic E-state index is 0.257. The molecule has 0 radical (unpaired) electrons. The van der Waals surface area contributed by atoms with Gasteiger partial charge in [0.1, 0.15) is 12.4 Å². The molecule has 0 amide bonds. The molecule has 0 N–H and O–H groups in total. The standard InChI is InChI=1S/C20H17FO2/c1-22-20-13-16(17-9-5-6-10-18(17)21)11-12-19(20)23-14-15-7-3-2-4-8-15/h2-13H,14H2,1H3. The van der Waals surface area contributed by atoms with E-state index in [1.807, 2.05) is 48.5 Å². The lowest BCUT2D eigenvalue weighted by molar-refractivity contribution is 0.284. The molecule has 0 aromatic heterocycles. The van der Waals surface area contributed by atoms with Crippen LogP contribution in [0.5, 0.6) is 11.5 Å². The van der Waals surface area contributed by atoms with Crippen molar-refractivity contribution < 1.29 is 13.9 Å². The lowest BCUT2D eigenvalue weighted by atomic mass is 10.0. The van der Waals surface area contributed by atoms with Crippen molar-refractivity contribution in [3.05, 3.63) is 84.2 Å². The molecule has 0 fully saturated rings. The first-order valence-electron chi connectivity index (χ1n) is 7.37. The number of halogens is 1. The first kappa shape index (κ1) is 15.1. The molecule has 3 heteroatoms. The Kier molecular flexibility index (Phi) is 4.57. The fraction of sp³-hybridized carbons (Fsp3) is 0.100. The van der Waals surface area contributed by atoms with Gasteiger partial charge in [-0.05, 0) is 29.3 Å². The maximum absolute atomic E-state index is 13.9. The Morgan fingerprint density at radius 2 is 1.57 bits per heavy atom. The number of methoxy groups -OCH3 is 1. The minimum atomic E-state index is -0.257. The van der Waals surface area contributed by atoms with E-state index in [1.165, 1.54) is 6.07 Å². The SMILES string of the molecule is COc1cc(-c2ccccc2F)ccc1OCc1ccccc1. The molecule has 0 aliphatic carbocycles. The van der Waals surface area contributed by atoms with Crippen LogP contribution in [0, 0.1) is 5.82 Å². The van der Waals surface area contributed by atoms with Gasteiger partial charge < -0.3 is 9.47 Å². The first-order valence-corrected chi connectivity index (χ1v) is 7.37. The van der Waals surface area contributed by atoms with Crippen LogP contribution in [0.15, 0.2) is 72.8 Å². The maximum Gasteiger partial charge on any atom is 0.161 e. The molecule has 0 aliphatic heterocycles. The van der Waals surface area contributed by atoms with Crippen LogP contribution in [-0.2, 0) is 6.61 Å². The van der Waals surface area contributed by atoms with Crippen LogP contribution in [0.2, 0.25) is 0 Å². The van der Waals surface area contributed by atoms with Crippen molar-refractivity contribution in [3.63, 3.8) is 0 Å². The number of benzene rings is 3. The third-order valence-corrected chi connectivity index (χ3v) is 3.59.